The monoisotopic (exact) mass is 203 g/mol. The molecule has 0 aliphatic heterocycles. The van der Waals surface area contributed by atoms with Crippen LogP contribution in [0, 0.1) is 0 Å². The van der Waals surface area contributed by atoms with Crippen LogP contribution in [-0.2, 0) is 9.53 Å². The summed E-state index contributed by atoms with van der Waals surface area (Å²) in [7, 11) is 0. The van der Waals surface area contributed by atoms with E-state index in [1.807, 2.05) is 6.92 Å². The molecule has 0 aromatic heterocycles. The Balaban J connectivity index is 3.68. The molecular formula is C10H21NO3. The lowest BCUT2D eigenvalue weighted by atomic mass is 10.1. The minimum atomic E-state index is -0.274. The first kappa shape index (κ1) is 13.4. The number of hydrogen-bond donors (Lipinski definition) is 2. The number of rotatable bonds is 7. The average molecular weight is 203 g/mol. The van der Waals surface area contributed by atoms with Gasteiger partial charge in [-0.2, -0.15) is 0 Å². The molecule has 2 atom stereocenters. The van der Waals surface area contributed by atoms with Crippen LogP contribution in [0.15, 0.2) is 0 Å². The quantitative estimate of drug-likeness (QED) is 0.598. The second-order valence-electron chi connectivity index (χ2n) is 3.41. The van der Waals surface area contributed by atoms with E-state index in [4.69, 9.17) is 9.84 Å². The van der Waals surface area contributed by atoms with Crippen LogP contribution in [0.5, 0.6) is 0 Å². The second kappa shape index (κ2) is 7.76. The molecule has 0 aliphatic rings. The number of nitrogens with one attached hydrogen (secondary N) is 1. The standard InChI is InChI=1S/C10H21NO3/c1-4-14-10(13)9(3)11-8(2)6-5-7-12/h8-9,11-12H,4-7H2,1-3H3/t8?,9-/m0/s1. The van der Waals surface area contributed by atoms with Crippen molar-refractivity contribution in [1.29, 1.82) is 0 Å². The van der Waals surface area contributed by atoms with Crippen molar-refractivity contribution in [2.75, 3.05) is 13.2 Å². The molecule has 0 fully saturated rings. The number of carbonyl (C=O) groups excluding carboxylic acids is 1. The van der Waals surface area contributed by atoms with E-state index in [1.54, 1.807) is 13.8 Å². The number of aliphatic hydroxyl groups excluding tert-OH is 1. The van der Waals surface area contributed by atoms with Crippen LogP contribution in [-0.4, -0.2) is 36.4 Å². The molecule has 4 heteroatoms. The lowest BCUT2D eigenvalue weighted by Gasteiger charge is -2.18. The van der Waals surface area contributed by atoms with Crippen molar-refractivity contribution in [2.24, 2.45) is 0 Å². The van der Waals surface area contributed by atoms with Crippen molar-refractivity contribution < 1.29 is 14.6 Å². The van der Waals surface area contributed by atoms with Crippen molar-refractivity contribution in [3.63, 3.8) is 0 Å². The van der Waals surface area contributed by atoms with Gasteiger partial charge in [0.15, 0.2) is 0 Å². The Bertz CT molecular complexity index is 161. The Morgan fingerprint density at radius 3 is 2.64 bits per heavy atom. The zero-order valence-electron chi connectivity index (χ0n) is 9.25. The Hall–Kier alpha value is -0.610. The molecule has 0 radical (unpaired) electrons. The van der Waals surface area contributed by atoms with E-state index in [1.165, 1.54) is 0 Å². The lowest BCUT2D eigenvalue weighted by Crippen LogP contribution is -2.40. The fraction of sp³-hybridized carbons (Fsp3) is 0.900. The highest BCUT2D eigenvalue weighted by atomic mass is 16.5. The van der Waals surface area contributed by atoms with Crippen LogP contribution >= 0.6 is 0 Å². The fourth-order valence-electron chi connectivity index (χ4n) is 1.24. The van der Waals surface area contributed by atoms with E-state index in [0.717, 1.165) is 12.8 Å². The second-order valence-corrected chi connectivity index (χ2v) is 3.41. The number of hydrogen-bond acceptors (Lipinski definition) is 4. The number of aliphatic hydroxyl groups is 1. The maximum atomic E-state index is 11.2. The van der Waals surface area contributed by atoms with Gasteiger partial charge in [-0.05, 0) is 33.6 Å². The average Bonchev–Trinajstić information content (AvgIpc) is 2.15. The van der Waals surface area contributed by atoms with Gasteiger partial charge in [0.1, 0.15) is 6.04 Å². The van der Waals surface area contributed by atoms with Crippen LogP contribution in [0.4, 0.5) is 0 Å². The van der Waals surface area contributed by atoms with Gasteiger partial charge in [-0.3, -0.25) is 4.79 Å². The molecule has 0 amide bonds. The van der Waals surface area contributed by atoms with Gasteiger partial charge in [-0.15, -0.1) is 0 Å². The van der Waals surface area contributed by atoms with E-state index in [2.05, 4.69) is 5.32 Å². The molecule has 84 valence electrons. The Morgan fingerprint density at radius 1 is 1.50 bits per heavy atom. The highest BCUT2D eigenvalue weighted by molar-refractivity contribution is 5.75. The van der Waals surface area contributed by atoms with Gasteiger partial charge in [0.25, 0.3) is 0 Å². The van der Waals surface area contributed by atoms with E-state index in [0.29, 0.717) is 6.61 Å². The smallest absolute Gasteiger partial charge is 0.322 e. The first-order chi connectivity index (χ1) is 6.61. The van der Waals surface area contributed by atoms with Crippen LogP contribution in [0.1, 0.15) is 33.6 Å². The molecule has 2 N–H and O–H groups in total. The number of carbonyl (C=O) groups is 1. The molecule has 0 bridgehead atoms. The number of ether oxygens (including phenoxy) is 1. The zero-order chi connectivity index (χ0) is 11.0. The summed E-state index contributed by atoms with van der Waals surface area (Å²) in [4.78, 5) is 11.2. The first-order valence-corrected chi connectivity index (χ1v) is 5.15. The molecule has 0 spiro atoms. The van der Waals surface area contributed by atoms with E-state index in [-0.39, 0.29) is 24.7 Å². The highest BCUT2D eigenvalue weighted by Crippen LogP contribution is 1.98. The third-order valence-electron chi connectivity index (χ3n) is 1.97. The van der Waals surface area contributed by atoms with Crippen LogP contribution in [0.25, 0.3) is 0 Å². The summed E-state index contributed by atoms with van der Waals surface area (Å²) in [6.07, 6.45) is 1.62. The Labute approximate surface area is 85.6 Å². The molecule has 0 heterocycles. The zero-order valence-corrected chi connectivity index (χ0v) is 9.25. The normalized spacial score (nSPS) is 14.9. The summed E-state index contributed by atoms with van der Waals surface area (Å²) < 4.78 is 4.86. The maximum Gasteiger partial charge on any atom is 0.322 e. The maximum absolute atomic E-state index is 11.2. The summed E-state index contributed by atoms with van der Waals surface area (Å²) in [5.41, 5.74) is 0. The molecule has 14 heavy (non-hydrogen) atoms. The van der Waals surface area contributed by atoms with Crippen LogP contribution in [0.3, 0.4) is 0 Å². The van der Waals surface area contributed by atoms with Gasteiger partial charge < -0.3 is 15.2 Å². The Kier molecular flexibility index (Phi) is 7.42. The van der Waals surface area contributed by atoms with Gasteiger partial charge in [0.2, 0.25) is 0 Å². The summed E-state index contributed by atoms with van der Waals surface area (Å²) in [6, 6.07) is -0.0507. The van der Waals surface area contributed by atoms with Crippen molar-refractivity contribution in [3.8, 4) is 0 Å². The van der Waals surface area contributed by atoms with Gasteiger partial charge in [0, 0.05) is 12.6 Å². The molecule has 0 rings (SSSR count). The predicted octanol–water partition coefficient (Wildman–Crippen LogP) is 0.689. The molecule has 0 saturated heterocycles. The van der Waals surface area contributed by atoms with Crippen LogP contribution < -0.4 is 5.32 Å². The van der Waals surface area contributed by atoms with Gasteiger partial charge in [0.05, 0.1) is 6.61 Å². The molecule has 1 unspecified atom stereocenters. The van der Waals surface area contributed by atoms with E-state index >= 15 is 0 Å². The molecular weight excluding hydrogens is 182 g/mol. The van der Waals surface area contributed by atoms with Crippen molar-refractivity contribution in [2.45, 2.75) is 45.7 Å². The highest BCUT2D eigenvalue weighted by Gasteiger charge is 2.15. The molecule has 0 aliphatic carbocycles. The van der Waals surface area contributed by atoms with Crippen LogP contribution in [0.2, 0.25) is 0 Å². The fourth-order valence-corrected chi connectivity index (χ4v) is 1.24. The van der Waals surface area contributed by atoms with Gasteiger partial charge in [-0.25, -0.2) is 0 Å². The number of esters is 1. The third kappa shape index (κ3) is 5.94. The minimum absolute atomic E-state index is 0.194. The molecule has 0 saturated carbocycles. The largest absolute Gasteiger partial charge is 0.465 e. The first-order valence-electron chi connectivity index (χ1n) is 5.15. The van der Waals surface area contributed by atoms with Crippen molar-refractivity contribution >= 4 is 5.97 Å². The predicted molar refractivity (Wildman–Crippen MR) is 55.0 cm³/mol. The van der Waals surface area contributed by atoms with Crippen molar-refractivity contribution in [3.05, 3.63) is 0 Å². The summed E-state index contributed by atoms with van der Waals surface area (Å²) in [5.74, 6) is -0.219. The van der Waals surface area contributed by atoms with E-state index < -0.39 is 0 Å². The molecule has 4 nitrogen and oxygen atoms in total. The summed E-state index contributed by atoms with van der Waals surface area (Å²) in [6.45, 7) is 6.17. The SMILES string of the molecule is CCOC(=O)[C@H](C)NC(C)CCCO. The van der Waals surface area contributed by atoms with Gasteiger partial charge in [-0.1, -0.05) is 0 Å². The van der Waals surface area contributed by atoms with E-state index in [9.17, 15) is 4.79 Å². The topological polar surface area (TPSA) is 58.6 Å². The molecule has 0 aromatic carbocycles. The van der Waals surface area contributed by atoms with Crippen molar-refractivity contribution in [1.82, 2.24) is 5.32 Å². The summed E-state index contributed by atoms with van der Waals surface area (Å²) in [5, 5.41) is 11.7. The Morgan fingerprint density at radius 2 is 2.14 bits per heavy atom. The third-order valence-corrected chi connectivity index (χ3v) is 1.97. The van der Waals surface area contributed by atoms with Gasteiger partial charge >= 0.3 is 5.97 Å². The lowest BCUT2D eigenvalue weighted by molar-refractivity contribution is -0.145. The minimum Gasteiger partial charge on any atom is -0.465 e. The molecule has 0 aromatic rings. The summed E-state index contributed by atoms with van der Waals surface area (Å²) >= 11 is 0.